The van der Waals surface area contributed by atoms with Crippen molar-refractivity contribution in [2.45, 2.75) is 26.8 Å². The molecule has 32 heavy (non-hydrogen) atoms. The van der Waals surface area contributed by atoms with Crippen molar-refractivity contribution in [3.63, 3.8) is 0 Å². The molecular formula is C23H25FN4O4. The summed E-state index contributed by atoms with van der Waals surface area (Å²) in [7, 11) is 1.55. The summed E-state index contributed by atoms with van der Waals surface area (Å²) in [4.78, 5) is 38.9. The SMILES string of the molecule is COCCCNC(=O)c1nn(-c2ccc(C)c(F)c2)c(=O)n(Cc2cccc(C)c2)c1=O. The zero-order valence-corrected chi connectivity index (χ0v) is 18.2. The lowest BCUT2D eigenvalue weighted by Crippen LogP contribution is -2.46. The van der Waals surface area contributed by atoms with Gasteiger partial charge in [0.25, 0.3) is 11.5 Å². The lowest BCUT2D eigenvalue weighted by molar-refractivity contribution is 0.0938. The van der Waals surface area contributed by atoms with Gasteiger partial charge in [-0.1, -0.05) is 35.9 Å². The topological polar surface area (TPSA) is 95.2 Å². The van der Waals surface area contributed by atoms with Crippen molar-refractivity contribution in [1.82, 2.24) is 19.7 Å². The van der Waals surface area contributed by atoms with E-state index in [0.29, 0.717) is 24.2 Å². The third-order valence-corrected chi connectivity index (χ3v) is 4.91. The summed E-state index contributed by atoms with van der Waals surface area (Å²) < 4.78 is 20.9. The molecule has 0 aliphatic rings. The summed E-state index contributed by atoms with van der Waals surface area (Å²) in [6.45, 7) is 4.13. The number of benzene rings is 2. The number of halogens is 1. The van der Waals surface area contributed by atoms with Crippen LogP contribution in [0.3, 0.4) is 0 Å². The molecule has 3 rings (SSSR count). The molecule has 1 amide bonds. The predicted molar refractivity (Wildman–Crippen MR) is 118 cm³/mol. The number of nitrogens with zero attached hydrogens (tertiary/aromatic N) is 3. The fourth-order valence-electron chi connectivity index (χ4n) is 3.17. The Morgan fingerprint density at radius 1 is 1.16 bits per heavy atom. The van der Waals surface area contributed by atoms with Gasteiger partial charge in [0.05, 0.1) is 12.2 Å². The van der Waals surface area contributed by atoms with Gasteiger partial charge in [-0.15, -0.1) is 0 Å². The molecule has 168 valence electrons. The van der Waals surface area contributed by atoms with Crippen LogP contribution in [-0.2, 0) is 11.3 Å². The molecule has 1 heterocycles. The van der Waals surface area contributed by atoms with Crippen LogP contribution >= 0.6 is 0 Å². The van der Waals surface area contributed by atoms with Gasteiger partial charge in [-0.2, -0.15) is 9.78 Å². The maximum Gasteiger partial charge on any atom is 0.352 e. The number of hydrogen-bond donors (Lipinski definition) is 1. The molecule has 1 N–H and O–H groups in total. The van der Waals surface area contributed by atoms with Crippen molar-refractivity contribution in [2.75, 3.05) is 20.3 Å². The quantitative estimate of drug-likeness (QED) is 0.541. The largest absolute Gasteiger partial charge is 0.385 e. The minimum atomic E-state index is -0.815. The summed E-state index contributed by atoms with van der Waals surface area (Å²) in [6.07, 6.45) is 0.544. The van der Waals surface area contributed by atoms with Crippen LogP contribution in [0.15, 0.2) is 52.1 Å². The molecule has 0 unspecified atom stereocenters. The van der Waals surface area contributed by atoms with Crippen molar-refractivity contribution in [3.05, 3.63) is 91.5 Å². The Balaban J connectivity index is 2.11. The van der Waals surface area contributed by atoms with Gasteiger partial charge in [0.2, 0.25) is 5.69 Å². The highest BCUT2D eigenvalue weighted by molar-refractivity contribution is 5.91. The number of aryl methyl sites for hydroxylation is 2. The first kappa shape index (κ1) is 23.1. The molecule has 0 spiro atoms. The van der Waals surface area contributed by atoms with Crippen LogP contribution < -0.4 is 16.6 Å². The number of amides is 1. The molecule has 3 aromatic rings. The minimum Gasteiger partial charge on any atom is -0.385 e. The van der Waals surface area contributed by atoms with Gasteiger partial charge in [0.15, 0.2) is 0 Å². The smallest absolute Gasteiger partial charge is 0.352 e. The average Bonchev–Trinajstić information content (AvgIpc) is 2.76. The molecule has 8 nitrogen and oxygen atoms in total. The van der Waals surface area contributed by atoms with Gasteiger partial charge in [0.1, 0.15) is 5.82 Å². The van der Waals surface area contributed by atoms with Gasteiger partial charge in [-0.3, -0.25) is 14.2 Å². The zero-order chi connectivity index (χ0) is 23.3. The summed E-state index contributed by atoms with van der Waals surface area (Å²) >= 11 is 0. The lowest BCUT2D eigenvalue weighted by Gasteiger charge is -2.13. The number of rotatable bonds is 8. The normalized spacial score (nSPS) is 10.9. The molecule has 9 heteroatoms. The molecule has 2 aromatic carbocycles. The third-order valence-electron chi connectivity index (χ3n) is 4.91. The van der Waals surface area contributed by atoms with Crippen LogP contribution in [0.2, 0.25) is 0 Å². The Kier molecular flexibility index (Phi) is 7.32. The molecule has 0 aliphatic heterocycles. The van der Waals surface area contributed by atoms with Crippen LogP contribution in [0, 0.1) is 19.7 Å². The van der Waals surface area contributed by atoms with E-state index in [-0.39, 0.29) is 18.8 Å². The van der Waals surface area contributed by atoms with Crippen molar-refractivity contribution in [3.8, 4) is 5.69 Å². The van der Waals surface area contributed by atoms with Gasteiger partial charge >= 0.3 is 5.69 Å². The van der Waals surface area contributed by atoms with Crippen molar-refractivity contribution < 1.29 is 13.9 Å². The summed E-state index contributed by atoms with van der Waals surface area (Å²) in [5.41, 5.74) is 0.150. The van der Waals surface area contributed by atoms with E-state index < -0.39 is 28.7 Å². The first-order valence-corrected chi connectivity index (χ1v) is 10.1. The van der Waals surface area contributed by atoms with Crippen LogP contribution in [-0.4, -0.2) is 40.5 Å². The van der Waals surface area contributed by atoms with Gasteiger partial charge in [-0.05, 0) is 37.5 Å². The Hall–Kier alpha value is -3.59. The molecule has 0 atom stereocenters. The monoisotopic (exact) mass is 440 g/mol. The second-order valence-corrected chi connectivity index (χ2v) is 7.46. The predicted octanol–water partition coefficient (Wildman–Crippen LogP) is 1.96. The van der Waals surface area contributed by atoms with Crippen LogP contribution in [0.25, 0.3) is 5.69 Å². The van der Waals surface area contributed by atoms with Crippen molar-refractivity contribution in [2.24, 2.45) is 0 Å². The molecule has 1 aromatic heterocycles. The van der Waals surface area contributed by atoms with Gasteiger partial charge in [0, 0.05) is 26.3 Å². The second kappa shape index (κ2) is 10.1. The highest BCUT2D eigenvalue weighted by atomic mass is 19.1. The Bertz CT molecular complexity index is 1250. The van der Waals surface area contributed by atoms with Gasteiger partial charge in [-0.25, -0.2) is 9.18 Å². The minimum absolute atomic E-state index is 0.0554. The molecule has 0 saturated carbocycles. The van der Waals surface area contributed by atoms with E-state index >= 15 is 0 Å². The van der Waals surface area contributed by atoms with Gasteiger partial charge < -0.3 is 10.1 Å². The number of carbonyl (C=O) groups is 1. The number of nitrogens with one attached hydrogen (secondary N) is 1. The first-order valence-electron chi connectivity index (χ1n) is 10.1. The van der Waals surface area contributed by atoms with E-state index in [0.717, 1.165) is 20.9 Å². The highest BCUT2D eigenvalue weighted by Crippen LogP contribution is 2.11. The van der Waals surface area contributed by atoms with Crippen LogP contribution in [0.5, 0.6) is 0 Å². The molecule has 0 aliphatic carbocycles. The third kappa shape index (κ3) is 5.17. The molecule has 0 fully saturated rings. The first-order chi connectivity index (χ1) is 15.3. The van der Waals surface area contributed by atoms with Crippen molar-refractivity contribution >= 4 is 5.91 Å². The molecule has 0 saturated heterocycles. The Labute approximate surface area is 184 Å². The van der Waals surface area contributed by atoms with Crippen LogP contribution in [0.4, 0.5) is 4.39 Å². The zero-order valence-electron chi connectivity index (χ0n) is 18.2. The van der Waals surface area contributed by atoms with E-state index in [4.69, 9.17) is 4.74 Å². The number of ether oxygens (including phenoxy) is 1. The fraction of sp³-hybridized carbons (Fsp3) is 0.304. The maximum absolute atomic E-state index is 14.2. The molecule has 0 bridgehead atoms. The standard InChI is InChI=1S/C23H25FN4O4/c1-15-6-4-7-17(12-15)14-27-22(30)20(21(29)25-10-5-11-32-3)26-28(23(27)31)18-9-8-16(2)19(24)13-18/h4,6-9,12-13H,5,10-11,14H2,1-3H3,(H,25,29). The number of hydrogen-bond acceptors (Lipinski definition) is 5. The Morgan fingerprint density at radius 2 is 1.94 bits per heavy atom. The number of carbonyl (C=O) groups excluding carboxylic acids is 1. The highest BCUT2D eigenvalue weighted by Gasteiger charge is 2.20. The molecular weight excluding hydrogens is 415 g/mol. The van der Waals surface area contributed by atoms with Crippen LogP contribution in [0.1, 0.15) is 33.6 Å². The fourth-order valence-corrected chi connectivity index (χ4v) is 3.17. The number of aromatic nitrogens is 3. The van der Waals surface area contributed by atoms with E-state index in [1.54, 1.807) is 20.1 Å². The van der Waals surface area contributed by atoms with E-state index in [2.05, 4.69) is 10.4 Å². The summed E-state index contributed by atoms with van der Waals surface area (Å²) in [5, 5.41) is 6.60. The summed E-state index contributed by atoms with van der Waals surface area (Å²) in [5.74, 6) is -1.25. The van der Waals surface area contributed by atoms with E-state index in [1.165, 1.54) is 12.1 Å². The molecule has 0 radical (unpaired) electrons. The maximum atomic E-state index is 14.2. The van der Waals surface area contributed by atoms with E-state index in [9.17, 15) is 18.8 Å². The Morgan fingerprint density at radius 3 is 2.62 bits per heavy atom. The summed E-state index contributed by atoms with van der Waals surface area (Å²) in [6, 6.07) is 11.5. The van der Waals surface area contributed by atoms with E-state index in [1.807, 2.05) is 25.1 Å². The number of methoxy groups -OCH3 is 1. The average molecular weight is 440 g/mol. The lowest BCUT2D eigenvalue weighted by atomic mass is 10.1. The van der Waals surface area contributed by atoms with Crippen molar-refractivity contribution in [1.29, 1.82) is 0 Å². The second-order valence-electron chi connectivity index (χ2n) is 7.46.